The lowest BCUT2D eigenvalue weighted by Crippen LogP contribution is -2.28. The van der Waals surface area contributed by atoms with E-state index in [1.54, 1.807) is 12.1 Å². The molecule has 0 fully saturated rings. The zero-order valence-corrected chi connectivity index (χ0v) is 14.7. The molecule has 2 aromatic rings. The molecule has 134 valence electrons. The van der Waals surface area contributed by atoms with Gasteiger partial charge in [-0.05, 0) is 35.7 Å². The summed E-state index contributed by atoms with van der Waals surface area (Å²) in [4.78, 5) is 24.1. The number of carbonyl (C=O) groups excluding carboxylic acids is 2. The topological polar surface area (TPSA) is 64.6 Å². The summed E-state index contributed by atoms with van der Waals surface area (Å²) in [5, 5.41) is 4.65. The average Bonchev–Trinajstić information content (AvgIpc) is 3.10. The van der Waals surface area contributed by atoms with Crippen LogP contribution < -0.4 is 10.1 Å². The SMILES string of the molecule is CC(=O)NC(CC(=O)OCCCOc1ccc(F)cc1)c1cccs1. The van der Waals surface area contributed by atoms with Gasteiger partial charge in [-0.25, -0.2) is 4.39 Å². The summed E-state index contributed by atoms with van der Waals surface area (Å²) in [5.74, 6) is -0.329. The Morgan fingerprint density at radius 2 is 1.96 bits per heavy atom. The minimum Gasteiger partial charge on any atom is -0.493 e. The molecule has 0 bridgehead atoms. The van der Waals surface area contributed by atoms with Gasteiger partial charge in [0, 0.05) is 18.2 Å². The number of rotatable bonds is 9. The minimum absolute atomic E-state index is 0.0823. The highest BCUT2D eigenvalue weighted by molar-refractivity contribution is 7.10. The van der Waals surface area contributed by atoms with Crippen molar-refractivity contribution in [3.63, 3.8) is 0 Å². The molecule has 1 heterocycles. The van der Waals surface area contributed by atoms with Crippen LogP contribution in [0.15, 0.2) is 41.8 Å². The van der Waals surface area contributed by atoms with Crippen LogP contribution in [0.3, 0.4) is 0 Å². The quantitative estimate of drug-likeness (QED) is 0.546. The molecular formula is C18H20FNO4S. The molecule has 1 N–H and O–H groups in total. The van der Waals surface area contributed by atoms with Gasteiger partial charge in [0.2, 0.25) is 5.91 Å². The van der Waals surface area contributed by atoms with Crippen molar-refractivity contribution in [1.82, 2.24) is 5.32 Å². The maximum absolute atomic E-state index is 12.8. The summed E-state index contributed by atoms with van der Waals surface area (Å²) in [6.07, 6.45) is 0.603. The zero-order valence-electron chi connectivity index (χ0n) is 13.9. The van der Waals surface area contributed by atoms with Crippen molar-refractivity contribution < 1.29 is 23.5 Å². The zero-order chi connectivity index (χ0) is 18.1. The summed E-state index contributed by atoms with van der Waals surface area (Å²) < 4.78 is 23.4. The van der Waals surface area contributed by atoms with Crippen molar-refractivity contribution in [2.75, 3.05) is 13.2 Å². The minimum atomic E-state index is -0.381. The Morgan fingerprint density at radius 1 is 1.20 bits per heavy atom. The first kappa shape index (κ1) is 18.9. The van der Waals surface area contributed by atoms with E-state index in [4.69, 9.17) is 9.47 Å². The van der Waals surface area contributed by atoms with Crippen LogP contribution in [-0.2, 0) is 14.3 Å². The number of amides is 1. The number of esters is 1. The fraction of sp³-hybridized carbons (Fsp3) is 0.333. The number of benzene rings is 1. The third-order valence-electron chi connectivity index (χ3n) is 3.27. The maximum Gasteiger partial charge on any atom is 0.308 e. The smallest absolute Gasteiger partial charge is 0.308 e. The van der Waals surface area contributed by atoms with E-state index in [-0.39, 0.29) is 36.8 Å². The van der Waals surface area contributed by atoms with Gasteiger partial charge in [-0.15, -0.1) is 11.3 Å². The Labute approximate surface area is 149 Å². The molecule has 0 spiro atoms. The molecule has 1 aromatic heterocycles. The second-order valence-electron chi connectivity index (χ2n) is 5.35. The third-order valence-corrected chi connectivity index (χ3v) is 4.25. The predicted octanol–water partition coefficient (Wildman–Crippen LogP) is 3.47. The lowest BCUT2D eigenvalue weighted by molar-refractivity contribution is -0.144. The molecule has 2 rings (SSSR count). The van der Waals surface area contributed by atoms with Crippen LogP contribution in [0.4, 0.5) is 4.39 Å². The maximum atomic E-state index is 12.8. The largest absolute Gasteiger partial charge is 0.493 e. The van der Waals surface area contributed by atoms with Crippen molar-refractivity contribution in [2.45, 2.75) is 25.8 Å². The van der Waals surface area contributed by atoms with E-state index in [0.717, 1.165) is 4.88 Å². The van der Waals surface area contributed by atoms with Gasteiger partial charge in [-0.1, -0.05) is 6.07 Å². The van der Waals surface area contributed by atoms with Gasteiger partial charge >= 0.3 is 5.97 Å². The third kappa shape index (κ3) is 6.93. The number of thiophene rings is 1. The average molecular weight is 365 g/mol. The van der Waals surface area contributed by atoms with Crippen LogP contribution in [0.2, 0.25) is 0 Å². The van der Waals surface area contributed by atoms with Gasteiger partial charge in [0.1, 0.15) is 11.6 Å². The normalized spacial score (nSPS) is 11.6. The molecule has 0 saturated carbocycles. The predicted molar refractivity (Wildman–Crippen MR) is 93.0 cm³/mol. The first-order valence-corrected chi connectivity index (χ1v) is 8.77. The fourth-order valence-corrected chi connectivity index (χ4v) is 2.93. The molecular weight excluding hydrogens is 345 g/mol. The molecule has 0 radical (unpaired) electrons. The van der Waals surface area contributed by atoms with Gasteiger partial charge < -0.3 is 14.8 Å². The van der Waals surface area contributed by atoms with Crippen LogP contribution in [-0.4, -0.2) is 25.1 Å². The van der Waals surface area contributed by atoms with Gasteiger partial charge in [-0.3, -0.25) is 9.59 Å². The molecule has 25 heavy (non-hydrogen) atoms. The lowest BCUT2D eigenvalue weighted by atomic mass is 10.1. The standard InChI is InChI=1S/C18H20FNO4S/c1-13(21)20-16(17-4-2-11-25-17)12-18(22)24-10-3-9-23-15-7-5-14(19)6-8-15/h2,4-8,11,16H,3,9-10,12H2,1H3,(H,20,21). The first-order valence-electron chi connectivity index (χ1n) is 7.89. The number of halogens is 1. The molecule has 0 aliphatic heterocycles. The molecule has 1 atom stereocenters. The lowest BCUT2D eigenvalue weighted by Gasteiger charge is -2.15. The molecule has 5 nitrogen and oxygen atoms in total. The van der Waals surface area contributed by atoms with Gasteiger partial charge in [-0.2, -0.15) is 0 Å². The molecule has 1 aromatic carbocycles. The van der Waals surface area contributed by atoms with Crippen LogP contribution in [0.25, 0.3) is 0 Å². The van der Waals surface area contributed by atoms with E-state index in [1.165, 1.54) is 30.4 Å². The van der Waals surface area contributed by atoms with Crippen molar-refractivity contribution >= 4 is 23.2 Å². The molecule has 7 heteroatoms. The first-order chi connectivity index (χ1) is 12.0. The second-order valence-corrected chi connectivity index (χ2v) is 6.33. The highest BCUT2D eigenvalue weighted by Gasteiger charge is 2.18. The van der Waals surface area contributed by atoms with Crippen LogP contribution in [0.5, 0.6) is 5.75 Å². The van der Waals surface area contributed by atoms with E-state index < -0.39 is 0 Å². The monoisotopic (exact) mass is 365 g/mol. The van der Waals surface area contributed by atoms with Crippen molar-refractivity contribution in [2.24, 2.45) is 0 Å². The summed E-state index contributed by atoms with van der Waals surface area (Å²) in [6, 6.07) is 9.09. The van der Waals surface area contributed by atoms with Crippen molar-refractivity contribution in [3.05, 3.63) is 52.5 Å². The Morgan fingerprint density at radius 3 is 2.60 bits per heavy atom. The highest BCUT2D eigenvalue weighted by Crippen LogP contribution is 2.22. The number of ether oxygens (including phenoxy) is 2. The summed E-state index contributed by atoms with van der Waals surface area (Å²) >= 11 is 1.48. The molecule has 0 saturated heterocycles. The van der Waals surface area contributed by atoms with Gasteiger partial charge in [0.15, 0.2) is 0 Å². The molecule has 0 aliphatic carbocycles. The highest BCUT2D eigenvalue weighted by atomic mass is 32.1. The van der Waals surface area contributed by atoms with Gasteiger partial charge in [0.25, 0.3) is 0 Å². The van der Waals surface area contributed by atoms with Crippen LogP contribution in [0.1, 0.15) is 30.7 Å². The van der Waals surface area contributed by atoms with Crippen LogP contribution in [0, 0.1) is 5.82 Å². The Balaban J connectivity index is 1.68. The Bertz CT molecular complexity index is 673. The summed E-state index contributed by atoms with van der Waals surface area (Å²) in [5.41, 5.74) is 0. The van der Waals surface area contributed by atoms with E-state index >= 15 is 0 Å². The van der Waals surface area contributed by atoms with Crippen molar-refractivity contribution in [3.8, 4) is 5.75 Å². The molecule has 0 aliphatic rings. The fourth-order valence-electron chi connectivity index (χ4n) is 2.15. The summed E-state index contributed by atoms with van der Waals surface area (Å²) in [6.45, 7) is 1.99. The molecule has 1 unspecified atom stereocenters. The van der Waals surface area contributed by atoms with E-state index in [9.17, 15) is 14.0 Å². The number of carbonyl (C=O) groups is 2. The number of hydrogen-bond acceptors (Lipinski definition) is 5. The number of nitrogens with one attached hydrogen (secondary N) is 1. The Kier molecular flexibility index (Phi) is 7.40. The van der Waals surface area contributed by atoms with Crippen molar-refractivity contribution in [1.29, 1.82) is 0 Å². The van der Waals surface area contributed by atoms with E-state index in [2.05, 4.69) is 5.32 Å². The van der Waals surface area contributed by atoms with Gasteiger partial charge in [0.05, 0.1) is 25.7 Å². The van der Waals surface area contributed by atoms with E-state index in [1.807, 2.05) is 17.5 Å². The summed E-state index contributed by atoms with van der Waals surface area (Å²) in [7, 11) is 0. The van der Waals surface area contributed by atoms with Crippen LogP contribution >= 0.6 is 11.3 Å². The molecule has 1 amide bonds. The van der Waals surface area contributed by atoms with E-state index in [0.29, 0.717) is 18.8 Å². The second kappa shape index (κ2) is 9.78. The Hall–Kier alpha value is -2.41. The number of hydrogen-bond donors (Lipinski definition) is 1.